The number of carbonyl (C=O) groups excluding carboxylic acids is 1. The molecular weight excluding hydrogens is 333 g/mol. The largest absolute Gasteiger partial charge is 0.417 e. The van der Waals surface area contributed by atoms with E-state index in [0.717, 1.165) is 38.2 Å². The molecule has 25 heavy (non-hydrogen) atoms. The Morgan fingerprint density at radius 2 is 2.00 bits per heavy atom. The zero-order valence-electron chi connectivity index (χ0n) is 14.1. The van der Waals surface area contributed by atoms with Gasteiger partial charge in [-0.25, -0.2) is 4.98 Å². The van der Waals surface area contributed by atoms with Crippen LogP contribution in [0.25, 0.3) is 0 Å². The number of anilines is 1. The summed E-state index contributed by atoms with van der Waals surface area (Å²) >= 11 is 0. The van der Waals surface area contributed by atoms with Gasteiger partial charge in [0.25, 0.3) is 0 Å². The SMILES string of the molecule is CC(C(=O)NC1CCN(c2ccc(C(F)(F)F)cn2)CC1)C1CNC1. The van der Waals surface area contributed by atoms with Crippen LogP contribution in [-0.2, 0) is 11.0 Å². The van der Waals surface area contributed by atoms with Gasteiger partial charge in [-0.1, -0.05) is 6.92 Å². The van der Waals surface area contributed by atoms with Crippen LogP contribution in [0.1, 0.15) is 25.3 Å². The van der Waals surface area contributed by atoms with Gasteiger partial charge < -0.3 is 15.5 Å². The summed E-state index contributed by atoms with van der Waals surface area (Å²) < 4.78 is 37.8. The van der Waals surface area contributed by atoms with E-state index in [1.165, 1.54) is 6.07 Å². The van der Waals surface area contributed by atoms with E-state index in [2.05, 4.69) is 15.6 Å². The first-order valence-electron chi connectivity index (χ1n) is 8.64. The van der Waals surface area contributed by atoms with Gasteiger partial charge in [0.15, 0.2) is 0 Å². The molecule has 2 saturated heterocycles. The molecule has 138 valence electrons. The maximum absolute atomic E-state index is 12.6. The van der Waals surface area contributed by atoms with Crippen LogP contribution in [0.5, 0.6) is 0 Å². The lowest BCUT2D eigenvalue weighted by atomic mass is 9.88. The van der Waals surface area contributed by atoms with Crippen LogP contribution < -0.4 is 15.5 Å². The van der Waals surface area contributed by atoms with Crippen LogP contribution in [0.2, 0.25) is 0 Å². The second-order valence-electron chi connectivity index (χ2n) is 6.88. The summed E-state index contributed by atoms with van der Waals surface area (Å²) in [6.07, 6.45) is -1.96. The van der Waals surface area contributed by atoms with E-state index in [1.807, 2.05) is 11.8 Å². The molecule has 0 aromatic carbocycles. The van der Waals surface area contributed by atoms with Crippen LogP contribution in [0.15, 0.2) is 18.3 Å². The topological polar surface area (TPSA) is 57.3 Å². The minimum Gasteiger partial charge on any atom is -0.356 e. The van der Waals surface area contributed by atoms with Crippen LogP contribution in [0, 0.1) is 11.8 Å². The van der Waals surface area contributed by atoms with Crippen LogP contribution in [0.4, 0.5) is 19.0 Å². The standard InChI is InChI=1S/C17H23F3N4O/c1-11(12-8-21-9-12)16(25)23-14-4-6-24(7-5-14)15-3-2-13(10-22-15)17(18,19)20/h2-3,10-12,14,21H,4-9H2,1H3,(H,23,25). The Kier molecular flexibility index (Phi) is 5.17. The third-order valence-electron chi connectivity index (χ3n) is 5.17. The van der Waals surface area contributed by atoms with Crippen molar-refractivity contribution in [2.75, 3.05) is 31.1 Å². The van der Waals surface area contributed by atoms with Crippen molar-refractivity contribution in [1.29, 1.82) is 0 Å². The van der Waals surface area contributed by atoms with Crippen molar-refractivity contribution in [3.63, 3.8) is 0 Å². The van der Waals surface area contributed by atoms with E-state index >= 15 is 0 Å². The zero-order chi connectivity index (χ0) is 18.0. The molecule has 3 heterocycles. The van der Waals surface area contributed by atoms with E-state index in [-0.39, 0.29) is 17.9 Å². The quantitative estimate of drug-likeness (QED) is 0.867. The highest BCUT2D eigenvalue weighted by Crippen LogP contribution is 2.29. The highest BCUT2D eigenvalue weighted by Gasteiger charge is 2.32. The monoisotopic (exact) mass is 356 g/mol. The van der Waals surface area contributed by atoms with Crippen molar-refractivity contribution in [3.8, 4) is 0 Å². The molecule has 1 atom stereocenters. The van der Waals surface area contributed by atoms with Gasteiger partial charge in [0.1, 0.15) is 5.82 Å². The first kappa shape index (κ1) is 18.0. The third-order valence-corrected chi connectivity index (χ3v) is 5.17. The molecule has 0 bridgehead atoms. The number of nitrogens with zero attached hydrogens (tertiary/aromatic N) is 2. The van der Waals surface area contributed by atoms with Crippen LogP contribution in [0.3, 0.4) is 0 Å². The van der Waals surface area contributed by atoms with Crippen molar-refractivity contribution in [1.82, 2.24) is 15.6 Å². The highest BCUT2D eigenvalue weighted by molar-refractivity contribution is 5.79. The zero-order valence-corrected chi connectivity index (χ0v) is 14.1. The van der Waals surface area contributed by atoms with Crippen molar-refractivity contribution < 1.29 is 18.0 Å². The fourth-order valence-electron chi connectivity index (χ4n) is 3.20. The number of halogens is 3. The highest BCUT2D eigenvalue weighted by atomic mass is 19.4. The Labute approximate surface area is 145 Å². The Morgan fingerprint density at radius 1 is 1.32 bits per heavy atom. The first-order valence-corrected chi connectivity index (χ1v) is 8.64. The second kappa shape index (κ2) is 7.19. The normalized spacial score (nSPS) is 20.9. The molecule has 0 spiro atoms. The minimum absolute atomic E-state index is 0.0101. The number of aromatic nitrogens is 1. The molecule has 1 aromatic heterocycles. The van der Waals surface area contributed by atoms with Gasteiger partial charge in [0.2, 0.25) is 5.91 Å². The molecule has 2 aliphatic rings. The molecular formula is C17H23F3N4O. The van der Waals surface area contributed by atoms with Gasteiger partial charge in [-0.3, -0.25) is 4.79 Å². The lowest BCUT2D eigenvalue weighted by molar-refractivity contribution is -0.137. The van der Waals surface area contributed by atoms with E-state index in [1.54, 1.807) is 0 Å². The van der Waals surface area contributed by atoms with Crippen molar-refractivity contribution in [2.24, 2.45) is 11.8 Å². The number of rotatable bonds is 4. The van der Waals surface area contributed by atoms with E-state index in [9.17, 15) is 18.0 Å². The average Bonchev–Trinajstić information content (AvgIpc) is 2.53. The number of amides is 1. The first-order chi connectivity index (χ1) is 11.8. The summed E-state index contributed by atoms with van der Waals surface area (Å²) in [5.41, 5.74) is -0.738. The maximum Gasteiger partial charge on any atom is 0.417 e. The molecule has 3 rings (SSSR count). The molecule has 2 N–H and O–H groups in total. The van der Waals surface area contributed by atoms with Gasteiger partial charge in [-0.15, -0.1) is 0 Å². The average molecular weight is 356 g/mol. The number of pyridine rings is 1. The Bertz CT molecular complexity index is 593. The predicted octanol–water partition coefficient (Wildman–Crippen LogP) is 2.04. The Balaban J connectivity index is 1.49. The minimum atomic E-state index is -4.37. The molecule has 2 fully saturated rings. The molecule has 0 saturated carbocycles. The van der Waals surface area contributed by atoms with Gasteiger partial charge in [-0.2, -0.15) is 13.2 Å². The number of hydrogen-bond acceptors (Lipinski definition) is 4. The Morgan fingerprint density at radius 3 is 2.48 bits per heavy atom. The lowest BCUT2D eigenvalue weighted by Gasteiger charge is -2.36. The van der Waals surface area contributed by atoms with Gasteiger partial charge >= 0.3 is 6.18 Å². The van der Waals surface area contributed by atoms with Crippen molar-refractivity contribution >= 4 is 11.7 Å². The molecule has 1 unspecified atom stereocenters. The van der Waals surface area contributed by atoms with Gasteiger partial charge in [0, 0.05) is 31.2 Å². The maximum atomic E-state index is 12.6. The fraction of sp³-hybridized carbons (Fsp3) is 0.647. The number of piperidine rings is 1. The fourth-order valence-corrected chi connectivity index (χ4v) is 3.20. The number of hydrogen-bond donors (Lipinski definition) is 2. The van der Waals surface area contributed by atoms with Gasteiger partial charge in [0.05, 0.1) is 5.56 Å². The summed E-state index contributed by atoms with van der Waals surface area (Å²) in [5, 5.41) is 6.28. The summed E-state index contributed by atoms with van der Waals surface area (Å²) in [6.45, 7) is 5.09. The molecule has 5 nitrogen and oxygen atoms in total. The molecule has 0 radical (unpaired) electrons. The van der Waals surface area contributed by atoms with E-state index < -0.39 is 11.7 Å². The van der Waals surface area contributed by atoms with E-state index in [0.29, 0.717) is 24.8 Å². The molecule has 2 aliphatic heterocycles. The molecule has 0 aliphatic carbocycles. The summed E-state index contributed by atoms with van der Waals surface area (Å²) in [6, 6.07) is 2.59. The lowest BCUT2D eigenvalue weighted by Crippen LogP contribution is -2.52. The van der Waals surface area contributed by atoms with Crippen LogP contribution in [-0.4, -0.2) is 43.1 Å². The summed E-state index contributed by atoms with van der Waals surface area (Å²) in [5.74, 6) is 1.07. The van der Waals surface area contributed by atoms with Crippen molar-refractivity contribution in [3.05, 3.63) is 23.9 Å². The molecule has 8 heteroatoms. The molecule has 1 amide bonds. The van der Waals surface area contributed by atoms with Crippen LogP contribution >= 0.6 is 0 Å². The predicted molar refractivity (Wildman–Crippen MR) is 88.1 cm³/mol. The number of alkyl halides is 3. The Hall–Kier alpha value is -1.83. The smallest absolute Gasteiger partial charge is 0.356 e. The van der Waals surface area contributed by atoms with E-state index in [4.69, 9.17) is 0 Å². The summed E-state index contributed by atoms with van der Waals surface area (Å²) in [7, 11) is 0. The summed E-state index contributed by atoms with van der Waals surface area (Å²) in [4.78, 5) is 18.2. The third kappa shape index (κ3) is 4.23. The number of carbonyl (C=O) groups is 1. The van der Waals surface area contributed by atoms with Crippen molar-refractivity contribution in [2.45, 2.75) is 32.0 Å². The molecule has 1 aromatic rings. The number of nitrogens with one attached hydrogen (secondary N) is 2. The van der Waals surface area contributed by atoms with Gasteiger partial charge in [-0.05, 0) is 44.0 Å². The second-order valence-corrected chi connectivity index (χ2v) is 6.88.